The molecule has 0 spiro atoms. The van der Waals surface area contributed by atoms with Crippen LogP contribution in [-0.2, 0) is 0 Å². The van der Waals surface area contributed by atoms with Gasteiger partial charge < -0.3 is 10.2 Å². The Kier molecular flexibility index (Phi) is 3.59. The Bertz CT molecular complexity index is 590. The van der Waals surface area contributed by atoms with Gasteiger partial charge in [-0.15, -0.1) is 0 Å². The second-order valence-corrected chi connectivity index (χ2v) is 5.76. The normalized spacial score (nSPS) is 24.7. The number of carbonyl (C=O) groups is 1. The van der Waals surface area contributed by atoms with Gasteiger partial charge in [0.15, 0.2) is 0 Å². The average molecular weight is 290 g/mol. The zero-order chi connectivity index (χ0) is 15.0. The lowest BCUT2D eigenvalue weighted by molar-refractivity contribution is -0.385. The summed E-state index contributed by atoms with van der Waals surface area (Å²) >= 11 is 0. The van der Waals surface area contributed by atoms with Crippen molar-refractivity contribution in [2.24, 2.45) is 0 Å². The zero-order valence-electron chi connectivity index (χ0n) is 11.9. The van der Waals surface area contributed by atoms with Crippen molar-refractivity contribution in [3.05, 3.63) is 33.6 Å². The number of pyridine rings is 1. The van der Waals surface area contributed by atoms with Crippen molar-refractivity contribution in [1.82, 2.24) is 15.2 Å². The maximum Gasteiger partial charge on any atom is 0.288 e. The second-order valence-electron chi connectivity index (χ2n) is 5.76. The maximum absolute atomic E-state index is 12.7. The first kappa shape index (κ1) is 13.9. The van der Waals surface area contributed by atoms with Gasteiger partial charge in [-0.1, -0.05) is 0 Å². The summed E-state index contributed by atoms with van der Waals surface area (Å²) in [6.45, 7) is 3.06. The van der Waals surface area contributed by atoms with Gasteiger partial charge >= 0.3 is 0 Å². The minimum Gasteiger partial charge on any atom is -0.337 e. The Balaban J connectivity index is 1.84. The molecule has 2 aliphatic heterocycles. The first-order valence-corrected chi connectivity index (χ1v) is 7.21. The molecule has 1 N–H and O–H groups in total. The predicted octanol–water partition coefficient (Wildman–Crippen LogP) is 1.26. The molecule has 3 heterocycles. The molecule has 21 heavy (non-hydrogen) atoms. The summed E-state index contributed by atoms with van der Waals surface area (Å²) in [6.07, 6.45) is 4.38. The third kappa shape index (κ3) is 2.73. The molecule has 0 saturated carbocycles. The van der Waals surface area contributed by atoms with Crippen LogP contribution in [0.15, 0.2) is 12.3 Å². The number of fused-ring (bicyclic) bond motifs is 2. The number of hydrogen-bond acceptors (Lipinski definition) is 5. The lowest BCUT2D eigenvalue weighted by atomic mass is 10.1. The molecule has 2 unspecified atom stereocenters. The minimum absolute atomic E-state index is 0.140. The van der Waals surface area contributed by atoms with Gasteiger partial charge in [0, 0.05) is 31.2 Å². The molecule has 2 bridgehead atoms. The Morgan fingerprint density at radius 2 is 2.19 bits per heavy atom. The highest BCUT2D eigenvalue weighted by Gasteiger charge is 2.32. The van der Waals surface area contributed by atoms with Crippen molar-refractivity contribution in [1.29, 1.82) is 0 Å². The quantitative estimate of drug-likeness (QED) is 0.654. The number of aryl methyl sites for hydroxylation is 1. The van der Waals surface area contributed by atoms with E-state index in [-0.39, 0.29) is 11.6 Å². The van der Waals surface area contributed by atoms with Crippen LogP contribution in [0.2, 0.25) is 0 Å². The molecule has 2 atom stereocenters. The van der Waals surface area contributed by atoms with Gasteiger partial charge in [0.25, 0.3) is 11.6 Å². The van der Waals surface area contributed by atoms with Gasteiger partial charge in [0.1, 0.15) is 6.20 Å². The molecule has 7 nitrogen and oxygen atoms in total. The van der Waals surface area contributed by atoms with E-state index in [2.05, 4.69) is 10.3 Å². The van der Waals surface area contributed by atoms with Gasteiger partial charge in [0.05, 0.1) is 16.2 Å². The lowest BCUT2D eigenvalue weighted by Crippen LogP contribution is -2.39. The fraction of sp³-hybridized carbons (Fsp3) is 0.571. The van der Waals surface area contributed by atoms with E-state index >= 15 is 0 Å². The molecule has 2 fully saturated rings. The van der Waals surface area contributed by atoms with Gasteiger partial charge in [0.2, 0.25) is 0 Å². The number of aromatic nitrogens is 1. The number of rotatable bonds is 2. The Morgan fingerprint density at radius 3 is 2.95 bits per heavy atom. The van der Waals surface area contributed by atoms with E-state index in [0.29, 0.717) is 36.4 Å². The number of nitrogens with one attached hydrogen (secondary N) is 1. The molecule has 1 aromatic rings. The smallest absolute Gasteiger partial charge is 0.288 e. The highest BCUT2D eigenvalue weighted by molar-refractivity contribution is 5.95. The summed E-state index contributed by atoms with van der Waals surface area (Å²) in [7, 11) is 0. The Hall–Kier alpha value is -2.02. The van der Waals surface area contributed by atoms with Crippen LogP contribution in [0, 0.1) is 17.0 Å². The summed E-state index contributed by atoms with van der Waals surface area (Å²) in [6, 6.07) is 2.17. The Labute approximate surface area is 122 Å². The fourth-order valence-electron chi connectivity index (χ4n) is 3.14. The predicted molar refractivity (Wildman–Crippen MR) is 76.1 cm³/mol. The van der Waals surface area contributed by atoms with Crippen molar-refractivity contribution in [2.45, 2.75) is 38.3 Å². The van der Waals surface area contributed by atoms with Gasteiger partial charge in [-0.25, -0.2) is 0 Å². The summed E-state index contributed by atoms with van der Waals surface area (Å²) < 4.78 is 0. The Morgan fingerprint density at radius 1 is 1.43 bits per heavy atom. The van der Waals surface area contributed by atoms with E-state index in [0.717, 1.165) is 12.8 Å². The number of nitrogens with zero attached hydrogens (tertiary/aromatic N) is 3. The highest BCUT2D eigenvalue weighted by Crippen LogP contribution is 2.23. The van der Waals surface area contributed by atoms with Crippen LogP contribution in [0.4, 0.5) is 5.69 Å². The van der Waals surface area contributed by atoms with Crippen molar-refractivity contribution in [3.63, 3.8) is 0 Å². The number of carbonyl (C=O) groups excluding carboxylic acids is 1. The van der Waals surface area contributed by atoms with Crippen LogP contribution < -0.4 is 5.32 Å². The number of nitro groups is 1. The molecule has 0 aliphatic carbocycles. The molecule has 0 aromatic carbocycles. The molecule has 7 heteroatoms. The first-order valence-electron chi connectivity index (χ1n) is 7.21. The minimum atomic E-state index is -0.519. The maximum atomic E-state index is 12.7. The number of hydrogen-bond donors (Lipinski definition) is 1. The second kappa shape index (κ2) is 5.40. The largest absolute Gasteiger partial charge is 0.337 e. The topological polar surface area (TPSA) is 88.4 Å². The summed E-state index contributed by atoms with van der Waals surface area (Å²) in [5.74, 6) is -0.155. The van der Waals surface area contributed by atoms with Crippen molar-refractivity contribution in [2.75, 3.05) is 13.1 Å². The molecule has 3 rings (SSSR count). The molecule has 1 amide bonds. The zero-order valence-corrected chi connectivity index (χ0v) is 11.9. The molecule has 2 aliphatic rings. The molecule has 2 saturated heterocycles. The van der Waals surface area contributed by atoms with E-state index in [9.17, 15) is 14.9 Å². The molecule has 1 aromatic heterocycles. The van der Waals surface area contributed by atoms with Crippen molar-refractivity contribution in [3.8, 4) is 0 Å². The molecular formula is C14H18N4O3. The van der Waals surface area contributed by atoms with Gasteiger partial charge in [-0.2, -0.15) is 0 Å². The molecule has 0 radical (unpaired) electrons. The van der Waals surface area contributed by atoms with Crippen LogP contribution >= 0.6 is 0 Å². The average Bonchev–Trinajstić information content (AvgIpc) is 2.78. The summed E-state index contributed by atoms with van der Waals surface area (Å²) in [5.41, 5.74) is 0.730. The first-order chi connectivity index (χ1) is 10.0. The van der Waals surface area contributed by atoms with Crippen LogP contribution in [0.3, 0.4) is 0 Å². The van der Waals surface area contributed by atoms with Crippen LogP contribution in [0.25, 0.3) is 0 Å². The fourth-order valence-corrected chi connectivity index (χ4v) is 3.14. The molecule has 112 valence electrons. The van der Waals surface area contributed by atoms with E-state index in [1.54, 1.807) is 11.8 Å². The third-order valence-corrected chi connectivity index (χ3v) is 4.32. The van der Waals surface area contributed by atoms with E-state index in [1.807, 2.05) is 0 Å². The highest BCUT2D eigenvalue weighted by atomic mass is 16.6. The van der Waals surface area contributed by atoms with E-state index in [1.165, 1.54) is 18.7 Å². The van der Waals surface area contributed by atoms with Crippen LogP contribution in [0.5, 0.6) is 0 Å². The SMILES string of the molecule is Cc1ncc([N+](=O)[O-])cc1C(=O)N1CCC2CCC(C1)N2. The van der Waals surface area contributed by atoms with Crippen LogP contribution in [0.1, 0.15) is 35.3 Å². The van der Waals surface area contributed by atoms with Crippen molar-refractivity contribution < 1.29 is 9.72 Å². The van der Waals surface area contributed by atoms with Gasteiger partial charge in [-0.05, 0) is 26.2 Å². The standard InChI is InChI=1S/C14H18N4O3/c1-9-13(6-12(7-15-9)18(20)21)14(19)17-5-4-10-2-3-11(8-17)16-10/h6-7,10-11,16H,2-5,8H2,1H3. The lowest BCUT2D eigenvalue weighted by Gasteiger charge is -2.24. The monoisotopic (exact) mass is 290 g/mol. The number of amides is 1. The third-order valence-electron chi connectivity index (χ3n) is 4.32. The number of likely N-dealkylation sites (tertiary alicyclic amines) is 1. The van der Waals surface area contributed by atoms with Gasteiger partial charge in [-0.3, -0.25) is 19.9 Å². The summed E-state index contributed by atoms with van der Waals surface area (Å²) in [4.78, 5) is 28.8. The van der Waals surface area contributed by atoms with E-state index in [4.69, 9.17) is 0 Å². The van der Waals surface area contributed by atoms with Crippen LogP contribution in [-0.4, -0.2) is 45.9 Å². The van der Waals surface area contributed by atoms with Crippen molar-refractivity contribution >= 4 is 11.6 Å². The summed E-state index contributed by atoms with van der Waals surface area (Å²) in [5, 5.41) is 14.4. The molecular weight excluding hydrogens is 272 g/mol. The van der Waals surface area contributed by atoms with E-state index < -0.39 is 4.92 Å².